The molecule has 0 unspecified atom stereocenters. The molecule has 1 saturated heterocycles. The number of benzene rings is 1. The van der Waals surface area contributed by atoms with E-state index in [2.05, 4.69) is 4.90 Å². The van der Waals surface area contributed by atoms with Crippen LogP contribution in [0.15, 0.2) is 18.2 Å². The van der Waals surface area contributed by atoms with Crippen molar-refractivity contribution in [1.29, 1.82) is 0 Å². The van der Waals surface area contributed by atoms with Crippen molar-refractivity contribution < 1.29 is 9.90 Å². The Kier molecular flexibility index (Phi) is 5.27. The fourth-order valence-electron chi connectivity index (χ4n) is 2.42. The molecule has 0 aliphatic carbocycles. The highest BCUT2D eigenvalue weighted by molar-refractivity contribution is 6.42. The van der Waals surface area contributed by atoms with E-state index in [1.807, 2.05) is 18.0 Å². The molecule has 4 nitrogen and oxygen atoms in total. The summed E-state index contributed by atoms with van der Waals surface area (Å²) in [6.07, 6.45) is 0.373. The van der Waals surface area contributed by atoms with Crippen LogP contribution in [0.5, 0.6) is 0 Å². The van der Waals surface area contributed by atoms with Crippen LogP contribution in [0.1, 0.15) is 5.56 Å². The first kappa shape index (κ1) is 15.6. The highest BCUT2D eigenvalue weighted by Crippen LogP contribution is 2.27. The van der Waals surface area contributed by atoms with Gasteiger partial charge in [0.2, 0.25) is 0 Å². The Morgan fingerprint density at radius 1 is 1.30 bits per heavy atom. The van der Waals surface area contributed by atoms with Crippen molar-refractivity contribution in [2.24, 2.45) is 0 Å². The van der Waals surface area contributed by atoms with E-state index >= 15 is 0 Å². The zero-order chi connectivity index (χ0) is 14.7. The van der Waals surface area contributed by atoms with E-state index in [4.69, 9.17) is 23.2 Å². The Bertz CT molecular complexity index is 488. The number of halogens is 2. The predicted molar refractivity (Wildman–Crippen MR) is 80.7 cm³/mol. The molecule has 0 amide bonds. The fourth-order valence-corrected chi connectivity index (χ4v) is 2.82. The molecule has 1 atom stereocenters. The summed E-state index contributed by atoms with van der Waals surface area (Å²) in [6, 6.07) is 4.78. The maximum atomic E-state index is 11.5. The first-order valence-electron chi connectivity index (χ1n) is 6.57. The summed E-state index contributed by atoms with van der Waals surface area (Å²) in [6.45, 7) is 3.28. The predicted octanol–water partition coefficient (Wildman–Crippen LogP) is 2.24. The number of piperazine rings is 1. The van der Waals surface area contributed by atoms with Crippen LogP contribution in [0.4, 0.5) is 0 Å². The first-order valence-corrected chi connectivity index (χ1v) is 7.33. The highest BCUT2D eigenvalue weighted by atomic mass is 35.5. The number of hydrogen-bond donors (Lipinski definition) is 1. The molecule has 1 aromatic rings. The van der Waals surface area contributed by atoms with Crippen molar-refractivity contribution in [2.75, 3.05) is 33.2 Å². The molecule has 1 N–H and O–H groups in total. The van der Waals surface area contributed by atoms with Crippen LogP contribution in [0, 0.1) is 0 Å². The van der Waals surface area contributed by atoms with Crippen LogP contribution < -0.4 is 0 Å². The molecule has 1 aliphatic heterocycles. The first-order chi connectivity index (χ1) is 9.49. The monoisotopic (exact) mass is 316 g/mol. The zero-order valence-corrected chi connectivity index (χ0v) is 12.9. The molecule has 0 spiro atoms. The smallest absolute Gasteiger partial charge is 0.321 e. The van der Waals surface area contributed by atoms with Crippen molar-refractivity contribution in [3.05, 3.63) is 33.8 Å². The van der Waals surface area contributed by atoms with Gasteiger partial charge in [0.05, 0.1) is 10.0 Å². The maximum Gasteiger partial charge on any atom is 0.321 e. The Morgan fingerprint density at radius 3 is 2.55 bits per heavy atom. The number of likely N-dealkylation sites (N-methyl/N-ethyl adjacent to an activating group) is 1. The number of carbonyl (C=O) groups is 1. The lowest BCUT2D eigenvalue weighted by molar-refractivity contribution is -0.144. The molecule has 1 aromatic carbocycles. The van der Waals surface area contributed by atoms with Crippen LogP contribution in [-0.2, 0) is 11.2 Å². The number of nitrogens with zero attached hydrogens (tertiary/aromatic N) is 2. The Labute approximate surface area is 128 Å². The van der Waals surface area contributed by atoms with E-state index in [9.17, 15) is 9.90 Å². The van der Waals surface area contributed by atoms with E-state index in [-0.39, 0.29) is 0 Å². The molecule has 0 aromatic heterocycles. The van der Waals surface area contributed by atoms with E-state index < -0.39 is 12.0 Å². The van der Waals surface area contributed by atoms with Crippen molar-refractivity contribution in [3.63, 3.8) is 0 Å². The second-order valence-electron chi connectivity index (χ2n) is 5.11. The lowest BCUT2D eigenvalue weighted by Gasteiger charge is -2.36. The van der Waals surface area contributed by atoms with Gasteiger partial charge in [-0.3, -0.25) is 9.69 Å². The minimum absolute atomic E-state index is 0.373. The molecule has 2 rings (SSSR count). The largest absolute Gasteiger partial charge is 0.480 e. The van der Waals surface area contributed by atoms with Crippen LogP contribution >= 0.6 is 23.2 Å². The number of carboxylic acid groups (broad SMARTS) is 1. The van der Waals surface area contributed by atoms with Gasteiger partial charge >= 0.3 is 5.97 Å². The summed E-state index contributed by atoms with van der Waals surface area (Å²) in [7, 11) is 2.04. The third-order valence-corrected chi connectivity index (χ3v) is 4.57. The summed E-state index contributed by atoms with van der Waals surface area (Å²) in [5.74, 6) is -0.814. The molecule has 1 heterocycles. The summed E-state index contributed by atoms with van der Waals surface area (Å²) in [5, 5.41) is 10.4. The van der Waals surface area contributed by atoms with E-state index in [1.165, 1.54) is 0 Å². The number of hydrogen-bond acceptors (Lipinski definition) is 3. The molecule has 0 radical (unpaired) electrons. The lowest BCUT2D eigenvalue weighted by atomic mass is 10.0. The summed E-state index contributed by atoms with van der Waals surface area (Å²) >= 11 is 12.1. The Balaban J connectivity index is 2.13. The normalized spacial score (nSPS) is 18.9. The van der Waals surface area contributed by atoms with Crippen molar-refractivity contribution in [1.82, 2.24) is 9.80 Å². The Morgan fingerprint density at radius 2 is 1.95 bits per heavy atom. The SMILES string of the molecule is CN1CCN([C@@H](Cc2cccc(Cl)c2Cl)C(=O)O)CC1. The third kappa shape index (κ3) is 3.64. The van der Waals surface area contributed by atoms with Gasteiger partial charge in [0.1, 0.15) is 6.04 Å². The van der Waals surface area contributed by atoms with Gasteiger partial charge in [-0.15, -0.1) is 0 Å². The maximum absolute atomic E-state index is 11.5. The third-order valence-electron chi connectivity index (χ3n) is 3.71. The standard InChI is InChI=1S/C14H18Cl2N2O2/c1-17-5-7-18(8-6-17)12(14(19)20)9-10-3-2-4-11(15)13(10)16/h2-4,12H,5-9H2,1H3,(H,19,20)/t12-/m0/s1. The van der Waals surface area contributed by atoms with Crippen LogP contribution in [0.3, 0.4) is 0 Å². The minimum Gasteiger partial charge on any atom is -0.480 e. The topological polar surface area (TPSA) is 43.8 Å². The average molecular weight is 317 g/mol. The lowest BCUT2D eigenvalue weighted by Crippen LogP contribution is -2.52. The second-order valence-corrected chi connectivity index (χ2v) is 5.90. The molecule has 1 fully saturated rings. The average Bonchev–Trinajstić information content (AvgIpc) is 2.41. The van der Waals surface area contributed by atoms with Gasteiger partial charge in [-0.1, -0.05) is 35.3 Å². The van der Waals surface area contributed by atoms with Gasteiger partial charge in [-0.05, 0) is 18.7 Å². The van der Waals surface area contributed by atoms with Gasteiger partial charge in [0.15, 0.2) is 0 Å². The van der Waals surface area contributed by atoms with Gasteiger partial charge in [-0.2, -0.15) is 0 Å². The van der Waals surface area contributed by atoms with Crippen molar-refractivity contribution in [3.8, 4) is 0 Å². The zero-order valence-electron chi connectivity index (χ0n) is 11.4. The molecule has 20 heavy (non-hydrogen) atoms. The van der Waals surface area contributed by atoms with Crippen LogP contribution in [-0.4, -0.2) is 60.1 Å². The quantitative estimate of drug-likeness (QED) is 0.925. The van der Waals surface area contributed by atoms with E-state index in [0.717, 1.165) is 31.7 Å². The van der Waals surface area contributed by atoms with E-state index in [1.54, 1.807) is 12.1 Å². The fraction of sp³-hybridized carbons (Fsp3) is 0.500. The highest BCUT2D eigenvalue weighted by Gasteiger charge is 2.28. The Hall–Kier alpha value is -0.810. The molecule has 6 heteroatoms. The summed E-state index contributed by atoms with van der Waals surface area (Å²) < 4.78 is 0. The molecular weight excluding hydrogens is 299 g/mol. The van der Waals surface area contributed by atoms with Gasteiger partial charge in [0.25, 0.3) is 0 Å². The molecule has 110 valence electrons. The van der Waals surface area contributed by atoms with Crippen LogP contribution in [0.25, 0.3) is 0 Å². The van der Waals surface area contributed by atoms with Gasteiger partial charge in [-0.25, -0.2) is 0 Å². The van der Waals surface area contributed by atoms with Gasteiger partial charge < -0.3 is 10.0 Å². The summed E-state index contributed by atoms with van der Waals surface area (Å²) in [5.41, 5.74) is 0.783. The number of carboxylic acids is 1. The molecule has 0 bridgehead atoms. The molecule has 0 saturated carbocycles. The van der Waals surface area contributed by atoms with Gasteiger partial charge in [0, 0.05) is 32.6 Å². The second kappa shape index (κ2) is 6.76. The molecule has 1 aliphatic rings. The summed E-state index contributed by atoms with van der Waals surface area (Å²) in [4.78, 5) is 15.7. The van der Waals surface area contributed by atoms with Crippen molar-refractivity contribution >= 4 is 29.2 Å². The van der Waals surface area contributed by atoms with Crippen LogP contribution in [0.2, 0.25) is 10.0 Å². The van der Waals surface area contributed by atoms with E-state index in [0.29, 0.717) is 16.5 Å². The van der Waals surface area contributed by atoms with Crippen molar-refractivity contribution in [2.45, 2.75) is 12.5 Å². The number of rotatable bonds is 4. The molecular formula is C14H18Cl2N2O2. The minimum atomic E-state index is -0.814. The number of aliphatic carboxylic acids is 1.